The quantitative estimate of drug-likeness (QED) is 0.0265. The Morgan fingerprint density at radius 1 is 0.931 bits per heavy atom. The predicted molar refractivity (Wildman–Crippen MR) is 222 cm³/mol. The standard InChI is InChI=1S/C42H62BrO14P/c1-7-33(56-38(46)28-58(50,53-8-2)54-9-3)17-13-19-37(52-27-31-20-23-34(51-6)24-21-31)29(4)36(45)18-12-10-11-16-35(25-22-32(43)15-14-26-44)57-42-41(49)40(48)39(47)30(5)55-42/h10-12,14-15,18,20-24,26,29-30,33,35,37,39-42,47-49H,7-9,13,16-17,19,25,27-28H2,1-6H3/b11-10+,15-14+,18-12+,32-22-/t29-,30-,33-,35-,37-,39-,40+,41+,42-/m0/s1. The molecule has 1 saturated heterocycles. The number of hydrogen-bond acceptors (Lipinski definition) is 14. The van der Waals surface area contributed by atoms with E-state index in [2.05, 4.69) is 15.9 Å². The molecule has 326 valence electrons. The zero-order valence-electron chi connectivity index (χ0n) is 34.4. The summed E-state index contributed by atoms with van der Waals surface area (Å²) in [6.07, 6.45) is 6.60. The van der Waals surface area contributed by atoms with Crippen molar-refractivity contribution in [2.75, 3.05) is 26.5 Å². The number of ether oxygens (including phenoxy) is 5. The van der Waals surface area contributed by atoms with E-state index in [1.165, 1.54) is 12.2 Å². The van der Waals surface area contributed by atoms with Crippen molar-refractivity contribution in [1.82, 2.24) is 0 Å². The summed E-state index contributed by atoms with van der Waals surface area (Å²) in [7, 11) is -2.01. The summed E-state index contributed by atoms with van der Waals surface area (Å²) in [6.45, 7) is 9.15. The summed E-state index contributed by atoms with van der Waals surface area (Å²) >= 11 is 3.38. The molecular formula is C42H62BrO14P. The van der Waals surface area contributed by atoms with Gasteiger partial charge in [-0.05, 0) is 95.2 Å². The largest absolute Gasteiger partial charge is 0.497 e. The minimum absolute atomic E-state index is 0.137. The Bertz CT molecular complexity index is 1540. The number of methoxy groups -OCH3 is 1. The van der Waals surface area contributed by atoms with Crippen molar-refractivity contribution in [3.8, 4) is 5.75 Å². The molecule has 1 aromatic carbocycles. The van der Waals surface area contributed by atoms with Crippen molar-refractivity contribution < 1.29 is 67.0 Å². The number of allylic oxidation sites excluding steroid dienone is 6. The SMILES string of the molecule is CCOP(=O)(CC(=O)O[C@@H](CC)CCC[C@H](OCc1ccc(OC)cc1)[C@@H](C)C(=O)/C=C/C=C/C[C@@H](C/C=C(Br)/C=C/C=O)O[C@@H]1O[C@@H](C)[C@H](O)[C@@H](O)[C@H]1O)OCC. The lowest BCUT2D eigenvalue weighted by atomic mass is 9.94. The molecule has 0 radical (unpaired) electrons. The van der Waals surface area contributed by atoms with Crippen LogP contribution in [0.4, 0.5) is 0 Å². The van der Waals surface area contributed by atoms with Crippen LogP contribution in [0.2, 0.25) is 0 Å². The Hall–Kier alpha value is -2.82. The fraction of sp³-hybridized carbons (Fsp3) is 0.595. The molecule has 0 aromatic heterocycles. The second-order valence-electron chi connectivity index (χ2n) is 13.7. The Kier molecular flexibility index (Phi) is 24.6. The molecule has 0 spiro atoms. The molecule has 0 unspecified atom stereocenters. The van der Waals surface area contributed by atoms with E-state index in [9.17, 15) is 34.3 Å². The second-order valence-corrected chi connectivity index (χ2v) is 16.7. The van der Waals surface area contributed by atoms with Gasteiger partial charge in [0.2, 0.25) is 0 Å². The van der Waals surface area contributed by atoms with Crippen molar-refractivity contribution in [2.45, 2.75) is 129 Å². The molecular weight excluding hydrogens is 839 g/mol. The molecule has 1 aliphatic heterocycles. The summed E-state index contributed by atoms with van der Waals surface area (Å²) in [6, 6.07) is 7.45. The maximum atomic E-state index is 13.5. The van der Waals surface area contributed by atoms with E-state index < -0.39 is 74.7 Å². The molecule has 0 amide bonds. The van der Waals surface area contributed by atoms with Gasteiger partial charge < -0.3 is 48.1 Å². The lowest BCUT2D eigenvalue weighted by Gasteiger charge is -2.40. The zero-order chi connectivity index (χ0) is 43.1. The average Bonchev–Trinajstić information content (AvgIpc) is 3.20. The van der Waals surface area contributed by atoms with Crippen LogP contribution < -0.4 is 4.74 Å². The Balaban J connectivity index is 2.12. The molecule has 2 rings (SSSR count). The molecule has 1 aromatic rings. The number of aliphatic hydroxyl groups excluding tert-OH is 3. The van der Waals surface area contributed by atoms with E-state index in [0.717, 1.165) is 5.56 Å². The first-order valence-corrected chi connectivity index (χ1v) is 22.2. The van der Waals surface area contributed by atoms with E-state index in [1.54, 1.807) is 65.2 Å². The number of rotatable bonds is 28. The summed E-state index contributed by atoms with van der Waals surface area (Å²) < 4.78 is 52.8. The van der Waals surface area contributed by atoms with Crippen LogP contribution in [-0.2, 0) is 53.6 Å². The highest BCUT2D eigenvalue weighted by molar-refractivity contribution is 9.11. The number of esters is 1. The summed E-state index contributed by atoms with van der Waals surface area (Å²) in [5.41, 5.74) is 0.905. The third-order valence-electron chi connectivity index (χ3n) is 9.32. The highest BCUT2D eigenvalue weighted by Gasteiger charge is 2.43. The first kappa shape index (κ1) is 51.3. The lowest BCUT2D eigenvalue weighted by molar-refractivity contribution is -0.303. The van der Waals surface area contributed by atoms with Crippen molar-refractivity contribution in [3.05, 3.63) is 76.8 Å². The summed E-state index contributed by atoms with van der Waals surface area (Å²) in [4.78, 5) is 36.9. The number of carbonyl (C=O) groups excluding carboxylic acids is 3. The number of halogens is 1. The Morgan fingerprint density at radius 3 is 2.24 bits per heavy atom. The van der Waals surface area contributed by atoms with E-state index in [1.807, 2.05) is 31.2 Å². The molecule has 58 heavy (non-hydrogen) atoms. The van der Waals surface area contributed by atoms with Gasteiger partial charge in [-0.3, -0.25) is 18.9 Å². The van der Waals surface area contributed by atoms with Crippen LogP contribution in [0.15, 0.2) is 71.3 Å². The molecule has 1 heterocycles. The van der Waals surface area contributed by atoms with E-state index in [0.29, 0.717) is 55.0 Å². The molecule has 1 fully saturated rings. The van der Waals surface area contributed by atoms with Gasteiger partial charge in [0.05, 0.1) is 45.2 Å². The van der Waals surface area contributed by atoms with Crippen LogP contribution in [0.25, 0.3) is 0 Å². The van der Waals surface area contributed by atoms with E-state index in [4.69, 9.17) is 32.7 Å². The smallest absolute Gasteiger partial charge is 0.341 e. The highest BCUT2D eigenvalue weighted by atomic mass is 79.9. The number of carbonyl (C=O) groups is 3. The molecule has 9 atom stereocenters. The summed E-state index contributed by atoms with van der Waals surface area (Å²) in [5, 5.41) is 30.8. The van der Waals surface area contributed by atoms with Crippen LogP contribution in [0.5, 0.6) is 5.75 Å². The second kappa shape index (κ2) is 27.8. The van der Waals surface area contributed by atoms with Gasteiger partial charge in [0, 0.05) is 10.4 Å². The predicted octanol–water partition coefficient (Wildman–Crippen LogP) is 6.68. The topological polar surface area (TPSA) is 194 Å². The lowest BCUT2D eigenvalue weighted by Crippen LogP contribution is -2.57. The minimum Gasteiger partial charge on any atom is -0.497 e. The van der Waals surface area contributed by atoms with E-state index in [-0.39, 0.29) is 25.6 Å². The fourth-order valence-corrected chi connectivity index (χ4v) is 7.73. The van der Waals surface area contributed by atoms with Crippen LogP contribution in [-0.4, -0.2) is 109 Å². The monoisotopic (exact) mass is 900 g/mol. The Morgan fingerprint density at radius 2 is 1.62 bits per heavy atom. The molecule has 3 N–H and O–H groups in total. The summed E-state index contributed by atoms with van der Waals surface area (Å²) in [5.74, 6) is -0.635. The molecule has 0 aliphatic carbocycles. The maximum absolute atomic E-state index is 13.5. The van der Waals surface area contributed by atoms with E-state index >= 15 is 0 Å². The number of benzene rings is 1. The number of aliphatic hydroxyl groups is 3. The highest BCUT2D eigenvalue weighted by Crippen LogP contribution is 2.48. The van der Waals surface area contributed by atoms with Crippen LogP contribution in [0.1, 0.15) is 78.7 Å². The number of ketones is 1. The normalized spacial score (nSPS) is 22.6. The maximum Gasteiger partial charge on any atom is 0.341 e. The zero-order valence-corrected chi connectivity index (χ0v) is 36.8. The number of hydrogen-bond donors (Lipinski definition) is 3. The number of aldehydes is 1. The fourth-order valence-electron chi connectivity index (χ4n) is 5.96. The third kappa shape index (κ3) is 18.6. The van der Waals surface area contributed by atoms with Crippen LogP contribution in [0, 0.1) is 5.92 Å². The van der Waals surface area contributed by atoms with Gasteiger partial charge in [-0.25, -0.2) is 0 Å². The van der Waals surface area contributed by atoms with Gasteiger partial charge in [-0.15, -0.1) is 0 Å². The first-order valence-electron chi connectivity index (χ1n) is 19.7. The van der Waals surface area contributed by atoms with Gasteiger partial charge in [0.1, 0.15) is 42.6 Å². The molecule has 1 aliphatic rings. The third-order valence-corrected chi connectivity index (χ3v) is 11.9. The van der Waals surface area contributed by atoms with Crippen molar-refractivity contribution in [3.63, 3.8) is 0 Å². The van der Waals surface area contributed by atoms with Crippen molar-refractivity contribution >= 4 is 41.6 Å². The van der Waals surface area contributed by atoms with Gasteiger partial charge in [0.25, 0.3) is 0 Å². The van der Waals surface area contributed by atoms with Gasteiger partial charge in [-0.1, -0.05) is 66.2 Å². The van der Waals surface area contributed by atoms with Crippen LogP contribution in [0.3, 0.4) is 0 Å². The molecule has 14 nitrogen and oxygen atoms in total. The minimum atomic E-state index is -3.60. The molecule has 0 saturated carbocycles. The average molecular weight is 902 g/mol. The van der Waals surface area contributed by atoms with Crippen LogP contribution >= 0.6 is 23.5 Å². The first-order chi connectivity index (χ1) is 27.7. The van der Waals surface area contributed by atoms with Gasteiger partial charge in [0.15, 0.2) is 12.1 Å². The van der Waals surface area contributed by atoms with Gasteiger partial charge in [-0.2, -0.15) is 0 Å². The molecule has 0 bridgehead atoms. The van der Waals surface area contributed by atoms with Crippen molar-refractivity contribution in [2.24, 2.45) is 5.92 Å². The van der Waals surface area contributed by atoms with Crippen molar-refractivity contribution in [1.29, 1.82) is 0 Å². The van der Waals surface area contributed by atoms with Gasteiger partial charge >= 0.3 is 13.6 Å². The molecule has 16 heteroatoms. The Labute approximate surface area is 351 Å².